The second kappa shape index (κ2) is 8.96. The number of fused-ring (bicyclic) bond motifs is 1. The molecule has 0 radical (unpaired) electrons. The second-order valence-corrected chi connectivity index (χ2v) is 10.1. The summed E-state index contributed by atoms with van der Waals surface area (Å²) in [5.74, 6) is 1.82. The monoisotopic (exact) mass is 471 g/mol. The Hall–Kier alpha value is -3.46. The van der Waals surface area contributed by atoms with Gasteiger partial charge in [0.15, 0.2) is 5.65 Å². The first-order valence-corrected chi connectivity index (χ1v) is 12.7. The first-order chi connectivity index (χ1) is 17.1. The Labute approximate surface area is 205 Å². The molecule has 9 heteroatoms. The minimum absolute atomic E-state index is 0.200. The lowest BCUT2D eigenvalue weighted by Gasteiger charge is -2.34. The highest BCUT2D eigenvalue weighted by Crippen LogP contribution is 2.32. The van der Waals surface area contributed by atoms with Gasteiger partial charge in [-0.15, -0.1) is 0 Å². The number of anilines is 2. The predicted octanol–water partition coefficient (Wildman–Crippen LogP) is 3.77. The smallest absolute Gasteiger partial charge is 0.230 e. The normalized spacial score (nSPS) is 20.4. The molecule has 35 heavy (non-hydrogen) atoms. The molecule has 0 saturated carbocycles. The standard InChI is InChI=1S/C26H33N9/c1-19(2)21-17-30-35-23(21)31-25(33-15-11-26(18-33)10-5-6-12-28-26)32-24(35)27-16-20-8-3-4-9-22(20)34-14-7-13-29-34/h3-4,7-9,13-14,17,19,28H,5-6,10-12,15-16,18H2,1-2H3,(H,27,31,32). The lowest BCUT2D eigenvalue weighted by molar-refractivity contribution is 0.280. The van der Waals surface area contributed by atoms with Gasteiger partial charge in [0.25, 0.3) is 0 Å². The summed E-state index contributed by atoms with van der Waals surface area (Å²) in [4.78, 5) is 12.4. The third kappa shape index (κ3) is 4.14. The summed E-state index contributed by atoms with van der Waals surface area (Å²) in [7, 11) is 0. The zero-order valence-corrected chi connectivity index (χ0v) is 20.5. The molecule has 4 aromatic rings. The van der Waals surface area contributed by atoms with E-state index in [0.29, 0.717) is 18.4 Å². The number of aromatic nitrogens is 6. The Morgan fingerprint density at radius 2 is 2.00 bits per heavy atom. The Morgan fingerprint density at radius 1 is 1.09 bits per heavy atom. The van der Waals surface area contributed by atoms with Gasteiger partial charge in [-0.05, 0) is 49.4 Å². The van der Waals surface area contributed by atoms with Crippen molar-refractivity contribution in [1.82, 2.24) is 34.7 Å². The van der Waals surface area contributed by atoms with Gasteiger partial charge in [-0.25, -0.2) is 4.68 Å². The fraction of sp³-hybridized carbons (Fsp3) is 0.462. The molecule has 0 amide bonds. The van der Waals surface area contributed by atoms with E-state index in [0.717, 1.165) is 54.5 Å². The molecule has 0 bridgehead atoms. The van der Waals surface area contributed by atoms with Gasteiger partial charge in [-0.2, -0.15) is 24.7 Å². The Morgan fingerprint density at radius 3 is 2.80 bits per heavy atom. The van der Waals surface area contributed by atoms with Crippen molar-refractivity contribution in [2.75, 3.05) is 29.9 Å². The van der Waals surface area contributed by atoms with Crippen LogP contribution in [0, 0.1) is 0 Å². The Bertz CT molecular complexity index is 1300. The zero-order chi connectivity index (χ0) is 23.8. The molecular formula is C26H33N9. The average molecular weight is 472 g/mol. The van der Waals surface area contributed by atoms with Crippen molar-refractivity contribution in [2.45, 2.75) is 57.5 Å². The van der Waals surface area contributed by atoms with Gasteiger partial charge < -0.3 is 15.5 Å². The number of piperidine rings is 1. The van der Waals surface area contributed by atoms with E-state index in [1.807, 2.05) is 33.7 Å². The van der Waals surface area contributed by atoms with Crippen LogP contribution < -0.4 is 15.5 Å². The van der Waals surface area contributed by atoms with Gasteiger partial charge in [0, 0.05) is 43.1 Å². The fourth-order valence-electron chi connectivity index (χ4n) is 5.44. The van der Waals surface area contributed by atoms with Crippen LogP contribution in [0.15, 0.2) is 48.9 Å². The highest BCUT2D eigenvalue weighted by molar-refractivity contribution is 5.57. The van der Waals surface area contributed by atoms with Crippen molar-refractivity contribution in [2.24, 2.45) is 0 Å². The van der Waals surface area contributed by atoms with Crippen LogP contribution in [0.5, 0.6) is 0 Å². The summed E-state index contributed by atoms with van der Waals surface area (Å²) < 4.78 is 3.74. The molecule has 6 rings (SSSR count). The number of nitrogens with zero attached hydrogens (tertiary/aromatic N) is 7. The van der Waals surface area contributed by atoms with E-state index < -0.39 is 0 Å². The van der Waals surface area contributed by atoms with Crippen molar-refractivity contribution >= 4 is 17.5 Å². The van der Waals surface area contributed by atoms with Crippen molar-refractivity contribution in [1.29, 1.82) is 0 Å². The molecule has 2 aliphatic rings. The molecule has 5 heterocycles. The number of para-hydroxylation sites is 1. The zero-order valence-electron chi connectivity index (χ0n) is 20.5. The summed E-state index contributed by atoms with van der Waals surface area (Å²) >= 11 is 0. The van der Waals surface area contributed by atoms with E-state index in [1.165, 1.54) is 19.3 Å². The van der Waals surface area contributed by atoms with E-state index in [1.54, 1.807) is 6.20 Å². The SMILES string of the molecule is CC(C)c1cnn2c(NCc3ccccc3-n3cccn3)nc(N3CCC4(CCCCN4)C3)nc12. The second-order valence-electron chi connectivity index (χ2n) is 10.1. The fourth-order valence-corrected chi connectivity index (χ4v) is 5.44. The lowest BCUT2D eigenvalue weighted by atomic mass is 9.88. The van der Waals surface area contributed by atoms with Crippen LogP contribution in [0.3, 0.4) is 0 Å². The molecule has 182 valence electrons. The minimum Gasteiger partial charge on any atom is -0.350 e. The highest BCUT2D eigenvalue weighted by Gasteiger charge is 2.40. The van der Waals surface area contributed by atoms with E-state index in [9.17, 15) is 0 Å². The molecule has 1 unspecified atom stereocenters. The van der Waals surface area contributed by atoms with Crippen molar-refractivity contribution in [3.8, 4) is 5.69 Å². The molecule has 1 spiro atoms. The van der Waals surface area contributed by atoms with E-state index in [4.69, 9.17) is 9.97 Å². The van der Waals surface area contributed by atoms with Crippen LogP contribution >= 0.6 is 0 Å². The van der Waals surface area contributed by atoms with Gasteiger partial charge in [0.05, 0.1) is 11.9 Å². The Kier molecular flexibility index (Phi) is 5.64. The first-order valence-electron chi connectivity index (χ1n) is 12.7. The summed E-state index contributed by atoms with van der Waals surface area (Å²) in [6, 6.07) is 10.2. The maximum atomic E-state index is 5.02. The molecule has 2 saturated heterocycles. The molecule has 2 N–H and O–H groups in total. The van der Waals surface area contributed by atoms with E-state index in [2.05, 4.69) is 57.8 Å². The van der Waals surface area contributed by atoms with Crippen LogP contribution in [-0.2, 0) is 6.54 Å². The third-order valence-corrected chi connectivity index (χ3v) is 7.40. The van der Waals surface area contributed by atoms with E-state index in [-0.39, 0.29) is 5.54 Å². The summed E-state index contributed by atoms with van der Waals surface area (Å²) in [5, 5.41) is 16.4. The van der Waals surface area contributed by atoms with Crippen molar-refractivity contribution in [3.63, 3.8) is 0 Å². The van der Waals surface area contributed by atoms with Gasteiger partial charge in [0.1, 0.15) is 0 Å². The lowest BCUT2D eigenvalue weighted by Crippen LogP contribution is -2.50. The quantitative estimate of drug-likeness (QED) is 0.443. The number of rotatable bonds is 6. The predicted molar refractivity (Wildman–Crippen MR) is 137 cm³/mol. The van der Waals surface area contributed by atoms with Crippen molar-refractivity contribution < 1.29 is 0 Å². The van der Waals surface area contributed by atoms with Crippen LogP contribution in [-0.4, -0.2) is 54.5 Å². The van der Waals surface area contributed by atoms with Crippen LogP contribution in [0.4, 0.5) is 11.9 Å². The summed E-state index contributed by atoms with van der Waals surface area (Å²) in [6.45, 7) is 8.00. The maximum absolute atomic E-state index is 5.02. The van der Waals surface area contributed by atoms with Crippen LogP contribution in [0.1, 0.15) is 56.6 Å². The number of hydrogen-bond donors (Lipinski definition) is 2. The molecule has 2 aliphatic heterocycles. The van der Waals surface area contributed by atoms with Crippen LogP contribution in [0.25, 0.3) is 11.3 Å². The largest absolute Gasteiger partial charge is 0.350 e. The first kappa shape index (κ1) is 22.0. The average Bonchev–Trinajstić information content (AvgIpc) is 3.63. The molecule has 1 atom stereocenters. The highest BCUT2D eigenvalue weighted by atomic mass is 15.4. The summed E-state index contributed by atoms with van der Waals surface area (Å²) in [5.41, 5.74) is 4.39. The van der Waals surface area contributed by atoms with E-state index >= 15 is 0 Å². The van der Waals surface area contributed by atoms with Gasteiger partial charge in [-0.1, -0.05) is 38.5 Å². The van der Waals surface area contributed by atoms with Crippen LogP contribution in [0.2, 0.25) is 0 Å². The van der Waals surface area contributed by atoms with Gasteiger partial charge in [-0.3, -0.25) is 0 Å². The molecule has 1 aromatic carbocycles. The number of nitrogens with one attached hydrogen (secondary N) is 2. The third-order valence-electron chi connectivity index (χ3n) is 7.40. The maximum Gasteiger partial charge on any atom is 0.230 e. The van der Waals surface area contributed by atoms with Crippen molar-refractivity contribution in [3.05, 3.63) is 60.0 Å². The number of hydrogen-bond acceptors (Lipinski definition) is 7. The molecule has 3 aromatic heterocycles. The Balaban J connectivity index is 1.33. The topological polar surface area (TPSA) is 88.2 Å². The summed E-state index contributed by atoms with van der Waals surface area (Å²) in [6.07, 6.45) is 10.6. The molecule has 0 aliphatic carbocycles. The minimum atomic E-state index is 0.200. The molecule has 9 nitrogen and oxygen atoms in total. The number of benzene rings is 1. The van der Waals surface area contributed by atoms with Gasteiger partial charge in [0.2, 0.25) is 11.9 Å². The molecular weight excluding hydrogens is 438 g/mol. The van der Waals surface area contributed by atoms with Gasteiger partial charge >= 0.3 is 0 Å². The molecule has 2 fully saturated rings.